The van der Waals surface area contributed by atoms with Crippen LogP contribution in [0.1, 0.15) is 53.8 Å². The third-order valence-electron chi connectivity index (χ3n) is 5.86. The van der Waals surface area contributed by atoms with Gasteiger partial charge in [0.1, 0.15) is 0 Å². The summed E-state index contributed by atoms with van der Waals surface area (Å²) in [4.78, 5) is 7.38. The van der Waals surface area contributed by atoms with Gasteiger partial charge in [-0.1, -0.05) is 29.8 Å². The Labute approximate surface area is 178 Å². The Balaban J connectivity index is 1.38. The third-order valence-corrected chi connectivity index (χ3v) is 6.11. The van der Waals surface area contributed by atoms with Crippen LogP contribution in [0.5, 0.6) is 0 Å². The van der Waals surface area contributed by atoms with Gasteiger partial charge in [0.2, 0.25) is 0 Å². The minimum absolute atomic E-state index is 0.509. The summed E-state index contributed by atoms with van der Waals surface area (Å²) in [6.45, 7) is 8.38. The standard InChI is InChI=1S/C24H29ClN4/c1-3-29-17-22(18(2)27-29)16-28-12-4-5-21(15-28)24-11-8-20(14-26-24)13-19-6-9-23(25)10-7-19/h6-11,14,17,21H,3-5,12-13,15-16H2,1-2H3/t21-/m1/s1. The van der Waals surface area contributed by atoms with Crippen molar-refractivity contribution in [1.82, 2.24) is 19.7 Å². The molecule has 4 rings (SSSR count). The van der Waals surface area contributed by atoms with E-state index in [0.717, 1.165) is 43.3 Å². The van der Waals surface area contributed by atoms with Crippen LogP contribution >= 0.6 is 11.6 Å². The maximum Gasteiger partial charge on any atom is 0.0638 e. The first-order valence-electron chi connectivity index (χ1n) is 10.5. The van der Waals surface area contributed by atoms with E-state index in [1.54, 1.807) is 0 Å². The number of nitrogens with zero attached hydrogens (tertiary/aromatic N) is 4. The van der Waals surface area contributed by atoms with Crippen molar-refractivity contribution >= 4 is 11.6 Å². The molecule has 29 heavy (non-hydrogen) atoms. The molecule has 1 atom stereocenters. The Morgan fingerprint density at radius 2 is 1.90 bits per heavy atom. The Kier molecular flexibility index (Phi) is 6.31. The van der Waals surface area contributed by atoms with Gasteiger partial charge in [-0.3, -0.25) is 14.6 Å². The molecule has 3 aromatic rings. The summed E-state index contributed by atoms with van der Waals surface area (Å²) in [5.41, 5.74) is 6.22. The summed E-state index contributed by atoms with van der Waals surface area (Å²) >= 11 is 5.98. The molecule has 0 bridgehead atoms. The highest BCUT2D eigenvalue weighted by Crippen LogP contribution is 2.27. The van der Waals surface area contributed by atoms with E-state index in [2.05, 4.69) is 54.3 Å². The number of benzene rings is 1. The van der Waals surface area contributed by atoms with Crippen LogP contribution in [0.2, 0.25) is 5.02 Å². The number of pyridine rings is 1. The van der Waals surface area contributed by atoms with Crippen LogP contribution in [-0.2, 0) is 19.5 Å². The molecule has 0 spiro atoms. The Morgan fingerprint density at radius 3 is 2.59 bits per heavy atom. The molecule has 3 heterocycles. The largest absolute Gasteiger partial charge is 0.298 e. The van der Waals surface area contributed by atoms with Gasteiger partial charge in [-0.05, 0) is 69.0 Å². The lowest BCUT2D eigenvalue weighted by molar-refractivity contribution is 0.198. The van der Waals surface area contributed by atoms with Crippen molar-refractivity contribution in [3.8, 4) is 0 Å². The van der Waals surface area contributed by atoms with Gasteiger partial charge >= 0.3 is 0 Å². The molecule has 1 aliphatic rings. The SMILES string of the molecule is CCn1cc(CN2CCC[C@@H](c3ccc(Cc4ccc(Cl)cc4)cn3)C2)c(C)n1. The van der Waals surface area contributed by atoms with Gasteiger partial charge in [0, 0.05) is 54.2 Å². The smallest absolute Gasteiger partial charge is 0.0638 e. The van der Waals surface area contributed by atoms with E-state index in [0.29, 0.717) is 5.92 Å². The summed E-state index contributed by atoms with van der Waals surface area (Å²) < 4.78 is 2.03. The summed E-state index contributed by atoms with van der Waals surface area (Å²) in [5, 5.41) is 5.37. The number of hydrogen-bond acceptors (Lipinski definition) is 3. The minimum atomic E-state index is 0.509. The zero-order valence-electron chi connectivity index (χ0n) is 17.3. The topological polar surface area (TPSA) is 34.0 Å². The van der Waals surface area contributed by atoms with E-state index in [1.807, 2.05) is 23.0 Å². The molecule has 152 valence electrons. The Bertz CT molecular complexity index is 931. The van der Waals surface area contributed by atoms with Crippen molar-refractivity contribution in [3.63, 3.8) is 0 Å². The summed E-state index contributed by atoms with van der Waals surface area (Å²) in [6.07, 6.45) is 7.57. The van der Waals surface area contributed by atoms with Crippen molar-refractivity contribution < 1.29 is 0 Å². The number of hydrogen-bond donors (Lipinski definition) is 0. The fourth-order valence-corrected chi connectivity index (χ4v) is 4.30. The highest BCUT2D eigenvalue weighted by molar-refractivity contribution is 6.30. The molecule has 0 amide bonds. The van der Waals surface area contributed by atoms with Crippen molar-refractivity contribution in [3.05, 3.63) is 81.9 Å². The van der Waals surface area contributed by atoms with E-state index in [1.165, 1.54) is 35.2 Å². The van der Waals surface area contributed by atoms with Crippen LogP contribution in [0.15, 0.2) is 48.8 Å². The van der Waals surface area contributed by atoms with Crippen molar-refractivity contribution in [2.24, 2.45) is 0 Å². The molecule has 1 aliphatic heterocycles. The second-order valence-electron chi connectivity index (χ2n) is 8.06. The first kappa shape index (κ1) is 20.1. The van der Waals surface area contributed by atoms with Crippen LogP contribution in [0, 0.1) is 6.92 Å². The quantitative estimate of drug-likeness (QED) is 0.560. The summed E-state index contributed by atoms with van der Waals surface area (Å²) in [7, 11) is 0. The normalized spacial score (nSPS) is 17.6. The van der Waals surface area contributed by atoms with Crippen LogP contribution < -0.4 is 0 Å². The average molecular weight is 409 g/mol. The molecule has 0 saturated carbocycles. The zero-order chi connectivity index (χ0) is 20.2. The van der Waals surface area contributed by atoms with Gasteiger partial charge in [0.15, 0.2) is 0 Å². The van der Waals surface area contributed by atoms with Crippen LogP contribution in [0.4, 0.5) is 0 Å². The number of likely N-dealkylation sites (tertiary alicyclic amines) is 1. The van der Waals surface area contributed by atoms with Gasteiger partial charge in [0.05, 0.1) is 5.69 Å². The van der Waals surface area contributed by atoms with E-state index >= 15 is 0 Å². The fraction of sp³-hybridized carbons (Fsp3) is 0.417. The highest BCUT2D eigenvalue weighted by Gasteiger charge is 2.23. The summed E-state index contributed by atoms with van der Waals surface area (Å²) in [5.74, 6) is 0.509. The lowest BCUT2D eigenvalue weighted by atomic mass is 9.93. The molecule has 1 aromatic carbocycles. The molecule has 1 fully saturated rings. The van der Waals surface area contributed by atoms with Gasteiger partial charge in [-0.2, -0.15) is 5.10 Å². The second kappa shape index (κ2) is 9.10. The van der Waals surface area contributed by atoms with Gasteiger partial charge in [-0.25, -0.2) is 0 Å². The average Bonchev–Trinajstić information content (AvgIpc) is 3.10. The lowest BCUT2D eigenvalue weighted by Gasteiger charge is -2.32. The lowest BCUT2D eigenvalue weighted by Crippen LogP contribution is -2.34. The molecule has 4 nitrogen and oxygen atoms in total. The minimum Gasteiger partial charge on any atom is -0.298 e. The molecule has 0 N–H and O–H groups in total. The van der Waals surface area contributed by atoms with Crippen molar-refractivity contribution in [1.29, 1.82) is 0 Å². The zero-order valence-corrected chi connectivity index (χ0v) is 18.1. The third kappa shape index (κ3) is 5.06. The fourth-order valence-electron chi connectivity index (χ4n) is 4.18. The monoisotopic (exact) mass is 408 g/mol. The summed E-state index contributed by atoms with van der Waals surface area (Å²) in [6, 6.07) is 12.5. The number of rotatable bonds is 6. The molecular formula is C24H29ClN4. The van der Waals surface area contributed by atoms with Crippen molar-refractivity contribution in [2.75, 3.05) is 13.1 Å². The Hall–Kier alpha value is -2.17. The number of aromatic nitrogens is 3. The Morgan fingerprint density at radius 1 is 1.10 bits per heavy atom. The van der Waals surface area contributed by atoms with E-state index < -0.39 is 0 Å². The molecule has 0 aliphatic carbocycles. The molecule has 0 unspecified atom stereocenters. The molecule has 1 saturated heterocycles. The first-order chi connectivity index (χ1) is 14.1. The van der Waals surface area contributed by atoms with E-state index in [-0.39, 0.29) is 0 Å². The number of halogens is 1. The van der Waals surface area contributed by atoms with Gasteiger partial charge in [-0.15, -0.1) is 0 Å². The molecule has 2 aromatic heterocycles. The van der Waals surface area contributed by atoms with E-state index in [4.69, 9.17) is 16.6 Å². The van der Waals surface area contributed by atoms with Gasteiger partial charge in [0.25, 0.3) is 0 Å². The second-order valence-corrected chi connectivity index (χ2v) is 8.50. The predicted octanol–water partition coefficient (Wildman–Crippen LogP) is 5.23. The maximum absolute atomic E-state index is 5.98. The maximum atomic E-state index is 5.98. The molecular weight excluding hydrogens is 380 g/mol. The number of aryl methyl sites for hydroxylation is 2. The van der Waals surface area contributed by atoms with Crippen LogP contribution in [0.3, 0.4) is 0 Å². The molecule has 5 heteroatoms. The van der Waals surface area contributed by atoms with Gasteiger partial charge < -0.3 is 0 Å². The first-order valence-corrected chi connectivity index (χ1v) is 10.9. The predicted molar refractivity (Wildman–Crippen MR) is 118 cm³/mol. The van der Waals surface area contributed by atoms with Crippen molar-refractivity contribution in [2.45, 2.75) is 52.1 Å². The van der Waals surface area contributed by atoms with E-state index in [9.17, 15) is 0 Å². The highest BCUT2D eigenvalue weighted by atomic mass is 35.5. The van der Waals surface area contributed by atoms with Crippen LogP contribution in [-0.4, -0.2) is 32.8 Å². The van der Waals surface area contributed by atoms with Crippen LogP contribution in [0.25, 0.3) is 0 Å². The number of piperidine rings is 1. The molecule has 0 radical (unpaired) electrons.